The third kappa shape index (κ3) is 3.08. The Hall–Kier alpha value is -2.86. The standard InChI is InChI=1S/C19H17N3O2S/c1-13(12-14-6-5-11-24-14)21-18(23)17-16(22-9-2-3-10-22)15-7-4-8-20-19(15)25-17/h2-11,13H,12H2,1H3,(H,21,23)/t13-/m0/s1. The van der Waals surface area contributed by atoms with Gasteiger partial charge in [-0.15, -0.1) is 11.3 Å². The van der Waals surface area contributed by atoms with Crippen LogP contribution < -0.4 is 5.32 Å². The summed E-state index contributed by atoms with van der Waals surface area (Å²) in [5, 5.41) is 4.05. The van der Waals surface area contributed by atoms with E-state index in [9.17, 15) is 4.79 Å². The molecule has 0 aromatic carbocycles. The number of nitrogens with one attached hydrogen (secondary N) is 1. The molecule has 0 saturated carbocycles. The van der Waals surface area contributed by atoms with E-state index in [1.807, 2.05) is 60.3 Å². The van der Waals surface area contributed by atoms with Crippen molar-refractivity contribution in [1.29, 1.82) is 0 Å². The van der Waals surface area contributed by atoms with Gasteiger partial charge in [-0.25, -0.2) is 4.98 Å². The van der Waals surface area contributed by atoms with E-state index in [2.05, 4.69) is 10.3 Å². The van der Waals surface area contributed by atoms with Crippen molar-refractivity contribution in [3.63, 3.8) is 0 Å². The summed E-state index contributed by atoms with van der Waals surface area (Å²) < 4.78 is 7.32. The summed E-state index contributed by atoms with van der Waals surface area (Å²) in [6.07, 6.45) is 7.93. The van der Waals surface area contributed by atoms with Gasteiger partial charge in [-0.05, 0) is 43.3 Å². The fraction of sp³-hybridized carbons (Fsp3) is 0.158. The molecular weight excluding hydrogens is 334 g/mol. The molecule has 4 aromatic heterocycles. The van der Waals surface area contributed by atoms with Crippen LogP contribution in [0.15, 0.2) is 65.7 Å². The van der Waals surface area contributed by atoms with Crippen molar-refractivity contribution >= 4 is 27.5 Å². The maximum Gasteiger partial charge on any atom is 0.263 e. The molecule has 4 aromatic rings. The predicted molar refractivity (Wildman–Crippen MR) is 98.3 cm³/mol. The number of rotatable bonds is 5. The van der Waals surface area contributed by atoms with Crippen molar-refractivity contribution in [2.24, 2.45) is 0 Å². The number of pyridine rings is 1. The van der Waals surface area contributed by atoms with E-state index in [0.717, 1.165) is 21.7 Å². The zero-order chi connectivity index (χ0) is 17.2. The SMILES string of the molecule is C[C@@H](Cc1ccco1)NC(=O)c1sc2ncccc2c1-n1cccc1. The van der Waals surface area contributed by atoms with Crippen LogP contribution in [0.25, 0.3) is 15.9 Å². The quantitative estimate of drug-likeness (QED) is 0.590. The molecule has 5 nitrogen and oxygen atoms in total. The lowest BCUT2D eigenvalue weighted by atomic mass is 10.2. The van der Waals surface area contributed by atoms with Crippen LogP contribution in [-0.4, -0.2) is 21.5 Å². The number of carbonyl (C=O) groups is 1. The van der Waals surface area contributed by atoms with E-state index in [1.165, 1.54) is 11.3 Å². The predicted octanol–water partition coefficient (Wildman–Crippen LogP) is 4.04. The molecule has 25 heavy (non-hydrogen) atoms. The van der Waals surface area contributed by atoms with Crippen molar-refractivity contribution in [2.75, 3.05) is 0 Å². The number of aromatic nitrogens is 2. The summed E-state index contributed by atoms with van der Waals surface area (Å²) in [5.41, 5.74) is 0.876. The molecule has 0 bridgehead atoms. The highest BCUT2D eigenvalue weighted by Gasteiger charge is 2.21. The van der Waals surface area contributed by atoms with Crippen molar-refractivity contribution in [3.05, 3.63) is 71.9 Å². The van der Waals surface area contributed by atoms with Gasteiger partial charge in [0.1, 0.15) is 15.5 Å². The number of furan rings is 1. The second kappa shape index (κ2) is 6.57. The van der Waals surface area contributed by atoms with E-state index >= 15 is 0 Å². The summed E-state index contributed by atoms with van der Waals surface area (Å²) in [4.78, 5) is 18.8. The minimum Gasteiger partial charge on any atom is -0.469 e. The molecular formula is C19H17N3O2S. The van der Waals surface area contributed by atoms with Gasteiger partial charge in [-0.1, -0.05) is 0 Å². The van der Waals surface area contributed by atoms with Crippen LogP contribution in [0.3, 0.4) is 0 Å². The number of hydrogen-bond acceptors (Lipinski definition) is 4. The first-order valence-corrected chi connectivity index (χ1v) is 8.88. The molecule has 4 heterocycles. The third-order valence-electron chi connectivity index (χ3n) is 3.97. The van der Waals surface area contributed by atoms with Crippen molar-refractivity contribution in [1.82, 2.24) is 14.9 Å². The highest BCUT2D eigenvalue weighted by Crippen LogP contribution is 2.33. The summed E-state index contributed by atoms with van der Waals surface area (Å²) in [7, 11) is 0. The monoisotopic (exact) mass is 351 g/mol. The van der Waals surface area contributed by atoms with Gasteiger partial charge in [-0.3, -0.25) is 4.79 Å². The van der Waals surface area contributed by atoms with Crippen molar-refractivity contribution < 1.29 is 9.21 Å². The first-order chi connectivity index (χ1) is 12.2. The van der Waals surface area contributed by atoms with Gasteiger partial charge in [0.15, 0.2) is 0 Å². The van der Waals surface area contributed by atoms with Gasteiger partial charge >= 0.3 is 0 Å². The Bertz CT molecular complexity index is 987. The number of fused-ring (bicyclic) bond motifs is 1. The van der Waals surface area contributed by atoms with Crippen LogP contribution in [0.4, 0.5) is 0 Å². The zero-order valence-corrected chi connectivity index (χ0v) is 14.5. The summed E-state index contributed by atoms with van der Waals surface area (Å²) >= 11 is 1.41. The van der Waals surface area contributed by atoms with Gasteiger partial charge in [0.05, 0.1) is 12.0 Å². The zero-order valence-electron chi connectivity index (χ0n) is 13.7. The number of nitrogens with zero attached hydrogens (tertiary/aromatic N) is 2. The lowest BCUT2D eigenvalue weighted by Crippen LogP contribution is -2.34. The Morgan fingerprint density at radius 1 is 1.28 bits per heavy atom. The van der Waals surface area contributed by atoms with E-state index in [1.54, 1.807) is 12.5 Å². The summed E-state index contributed by atoms with van der Waals surface area (Å²) in [5.74, 6) is 0.766. The molecule has 0 saturated heterocycles. The van der Waals surface area contributed by atoms with E-state index in [4.69, 9.17) is 4.42 Å². The fourth-order valence-corrected chi connectivity index (χ4v) is 3.93. The Labute approximate surface area is 148 Å². The highest BCUT2D eigenvalue weighted by molar-refractivity contribution is 7.21. The topological polar surface area (TPSA) is 60.1 Å². The Morgan fingerprint density at radius 2 is 2.12 bits per heavy atom. The minimum atomic E-state index is -0.0919. The van der Waals surface area contributed by atoms with E-state index in [-0.39, 0.29) is 11.9 Å². The van der Waals surface area contributed by atoms with Crippen LogP contribution in [0.1, 0.15) is 22.4 Å². The first kappa shape index (κ1) is 15.7. The maximum atomic E-state index is 12.9. The van der Waals surface area contributed by atoms with Crippen LogP contribution in [-0.2, 0) is 6.42 Å². The average molecular weight is 351 g/mol. The highest BCUT2D eigenvalue weighted by atomic mass is 32.1. The number of amides is 1. The lowest BCUT2D eigenvalue weighted by Gasteiger charge is -2.13. The molecule has 0 aliphatic carbocycles. The molecule has 1 N–H and O–H groups in total. The average Bonchev–Trinajstić information content (AvgIpc) is 3.34. The van der Waals surface area contributed by atoms with Crippen LogP contribution in [0.5, 0.6) is 0 Å². The molecule has 1 atom stereocenters. The van der Waals surface area contributed by atoms with Crippen molar-refractivity contribution in [3.8, 4) is 5.69 Å². The smallest absolute Gasteiger partial charge is 0.263 e. The second-order valence-corrected chi connectivity index (χ2v) is 6.88. The number of carbonyl (C=O) groups excluding carboxylic acids is 1. The molecule has 6 heteroatoms. The van der Waals surface area contributed by atoms with E-state index in [0.29, 0.717) is 11.3 Å². The van der Waals surface area contributed by atoms with Gasteiger partial charge in [0.25, 0.3) is 5.91 Å². The van der Waals surface area contributed by atoms with Gasteiger partial charge < -0.3 is 14.3 Å². The van der Waals surface area contributed by atoms with Gasteiger partial charge in [-0.2, -0.15) is 0 Å². The minimum absolute atomic E-state index is 0.0330. The normalized spacial score (nSPS) is 12.4. The van der Waals surface area contributed by atoms with Gasteiger partial charge in [0, 0.05) is 36.4 Å². The van der Waals surface area contributed by atoms with Gasteiger partial charge in [0.2, 0.25) is 0 Å². The maximum absolute atomic E-state index is 12.9. The molecule has 0 aliphatic heterocycles. The molecule has 0 spiro atoms. The van der Waals surface area contributed by atoms with Crippen LogP contribution in [0.2, 0.25) is 0 Å². The first-order valence-electron chi connectivity index (χ1n) is 8.06. The molecule has 0 radical (unpaired) electrons. The Kier molecular flexibility index (Phi) is 4.11. The molecule has 0 unspecified atom stereocenters. The number of hydrogen-bond donors (Lipinski definition) is 1. The second-order valence-electron chi connectivity index (χ2n) is 5.88. The fourth-order valence-electron chi connectivity index (χ4n) is 2.88. The number of thiophene rings is 1. The molecule has 0 aliphatic rings. The largest absolute Gasteiger partial charge is 0.469 e. The van der Waals surface area contributed by atoms with Crippen LogP contribution in [0, 0.1) is 0 Å². The summed E-state index contributed by atoms with van der Waals surface area (Å²) in [6, 6.07) is 11.5. The molecule has 1 amide bonds. The molecule has 0 fully saturated rings. The summed E-state index contributed by atoms with van der Waals surface area (Å²) in [6.45, 7) is 1.97. The third-order valence-corrected chi connectivity index (χ3v) is 5.08. The Balaban J connectivity index is 1.66. The Morgan fingerprint density at radius 3 is 2.88 bits per heavy atom. The lowest BCUT2D eigenvalue weighted by molar-refractivity contribution is 0.0943. The van der Waals surface area contributed by atoms with E-state index < -0.39 is 0 Å². The van der Waals surface area contributed by atoms with Crippen molar-refractivity contribution in [2.45, 2.75) is 19.4 Å². The molecule has 126 valence electrons. The molecule has 4 rings (SSSR count). The van der Waals surface area contributed by atoms with Crippen LogP contribution >= 0.6 is 11.3 Å².